The summed E-state index contributed by atoms with van der Waals surface area (Å²) in [5.41, 5.74) is 4.46. The lowest BCUT2D eigenvalue weighted by atomic mass is 10.1. The van der Waals surface area contributed by atoms with E-state index >= 15 is 0 Å². The van der Waals surface area contributed by atoms with Gasteiger partial charge in [-0.05, 0) is 12.1 Å². The van der Waals surface area contributed by atoms with Crippen LogP contribution in [0.1, 0.15) is 16.8 Å². The molecule has 1 aromatic carbocycles. The van der Waals surface area contributed by atoms with Gasteiger partial charge in [-0.15, -0.1) is 0 Å². The molecule has 0 atom stereocenters. The number of carboxylic acid groups (broad SMARTS) is 1. The summed E-state index contributed by atoms with van der Waals surface area (Å²) >= 11 is 0. The summed E-state index contributed by atoms with van der Waals surface area (Å²) in [5, 5.41) is 17.4. The van der Waals surface area contributed by atoms with Gasteiger partial charge >= 0.3 is 5.97 Å². The Labute approximate surface area is 91.3 Å². The fourth-order valence-corrected chi connectivity index (χ4v) is 1.16. The van der Waals surface area contributed by atoms with E-state index in [2.05, 4.69) is 0 Å². The molecular weight excluding hydrogens is 217 g/mol. The second-order valence-electron chi connectivity index (χ2n) is 3.06. The van der Waals surface area contributed by atoms with Crippen LogP contribution < -0.4 is 10.5 Å². The number of hydrogen-bond acceptors (Lipinski definition) is 4. The van der Waals surface area contributed by atoms with E-state index in [4.69, 9.17) is 20.7 Å². The Morgan fingerprint density at radius 3 is 2.75 bits per heavy atom. The molecule has 0 fully saturated rings. The number of carboxylic acids is 1. The largest absolute Gasteiger partial charge is 0.493 e. The van der Waals surface area contributed by atoms with Gasteiger partial charge in [-0.2, -0.15) is 0 Å². The van der Waals surface area contributed by atoms with E-state index in [-0.39, 0.29) is 19.0 Å². The first-order valence-electron chi connectivity index (χ1n) is 4.63. The quantitative estimate of drug-likeness (QED) is 0.514. The minimum absolute atomic E-state index is 0.000139. The average molecular weight is 229 g/mol. The number of ether oxygens (including phenoxy) is 1. The number of hydrogen-bond donors (Lipinski definition) is 3. The van der Waals surface area contributed by atoms with Crippen molar-refractivity contribution in [3.05, 3.63) is 23.5 Å². The molecule has 0 radical (unpaired) electrons. The molecule has 0 saturated heterocycles. The molecular formula is C10H12FNO4. The molecule has 0 heterocycles. The Hall–Kier alpha value is -1.82. The van der Waals surface area contributed by atoms with Crippen molar-refractivity contribution in [3.8, 4) is 5.75 Å². The van der Waals surface area contributed by atoms with Gasteiger partial charge in [0, 0.05) is 13.0 Å². The van der Waals surface area contributed by atoms with Crippen LogP contribution in [0.25, 0.3) is 0 Å². The lowest BCUT2D eigenvalue weighted by Crippen LogP contribution is -2.09. The van der Waals surface area contributed by atoms with Gasteiger partial charge in [0.25, 0.3) is 0 Å². The van der Waals surface area contributed by atoms with E-state index in [1.807, 2.05) is 0 Å². The SMILES string of the molecule is Nc1c(F)ccc(OCCCO)c1C(=O)O. The molecule has 6 heteroatoms. The Balaban J connectivity index is 2.99. The zero-order chi connectivity index (χ0) is 12.1. The maximum absolute atomic E-state index is 13.0. The van der Waals surface area contributed by atoms with Crippen LogP contribution in [-0.4, -0.2) is 29.4 Å². The van der Waals surface area contributed by atoms with Gasteiger partial charge in [-0.3, -0.25) is 0 Å². The lowest BCUT2D eigenvalue weighted by Gasteiger charge is -2.10. The van der Waals surface area contributed by atoms with Gasteiger partial charge in [0.2, 0.25) is 0 Å². The molecule has 1 rings (SSSR count). The van der Waals surface area contributed by atoms with Gasteiger partial charge in [0.1, 0.15) is 17.1 Å². The van der Waals surface area contributed by atoms with E-state index in [0.717, 1.165) is 6.07 Å². The van der Waals surface area contributed by atoms with Crippen LogP contribution in [0.15, 0.2) is 12.1 Å². The highest BCUT2D eigenvalue weighted by Gasteiger charge is 2.18. The molecule has 0 amide bonds. The summed E-state index contributed by atoms with van der Waals surface area (Å²) < 4.78 is 18.1. The summed E-state index contributed by atoms with van der Waals surface area (Å²) in [4.78, 5) is 10.9. The third-order valence-electron chi connectivity index (χ3n) is 1.93. The van der Waals surface area contributed by atoms with Crippen LogP contribution in [0.2, 0.25) is 0 Å². The molecule has 0 aliphatic carbocycles. The van der Waals surface area contributed by atoms with Gasteiger partial charge < -0.3 is 20.7 Å². The van der Waals surface area contributed by atoms with E-state index in [1.165, 1.54) is 6.07 Å². The summed E-state index contributed by atoms with van der Waals surface area (Å²) in [5.74, 6) is -2.15. The first kappa shape index (κ1) is 12.3. The van der Waals surface area contributed by atoms with Gasteiger partial charge in [-0.1, -0.05) is 0 Å². The van der Waals surface area contributed by atoms with Gasteiger partial charge in [0.15, 0.2) is 0 Å². The fraction of sp³-hybridized carbons (Fsp3) is 0.300. The number of aromatic carboxylic acids is 1. The minimum atomic E-state index is -1.35. The van der Waals surface area contributed by atoms with Crippen LogP contribution in [0.5, 0.6) is 5.75 Å². The Morgan fingerprint density at radius 1 is 1.50 bits per heavy atom. The molecule has 16 heavy (non-hydrogen) atoms. The minimum Gasteiger partial charge on any atom is -0.493 e. The lowest BCUT2D eigenvalue weighted by molar-refractivity contribution is 0.0693. The maximum atomic E-state index is 13.0. The Kier molecular flexibility index (Phi) is 4.07. The number of nitrogens with two attached hydrogens (primary N) is 1. The first-order chi connectivity index (χ1) is 7.57. The fourth-order valence-electron chi connectivity index (χ4n) is 1.16. The van der Waals surface area contributed by atoms with Gasteiger partial charge in [0.05, 0.1) is 12.3 Å². The van der Waals surface area contributed by atoms with Crippen molar-refractivity contribution in [2.75, 3.05) is 18.9 Å². The molecule has 0 aromatic heterocycles. The van der Waals surface area contributed by atoms with Crippen molar-refractivity contribution < 1.29 is 24.1 Å². The number of benzene rings is 1. The molecule has 0 spiro atoms. The van der Waals surface area contributed by atoms with Crippen molar-refractivity contribution >= 4 is 11.7 Å². The number of aliphatic hydroxyl groups excluding tert-OH is 1. The topological polar surface area (TPSA) is 92.8 Å². The van der Waals surface area contributed by atoms with Crippen LogP contribution in [0.4, 0.5) is 10.1 Å². The van der Waals surface area contributed by atoms with Crippen molar-refractivity contribution in [1.29, 1.82) is 0 Å². The highest BCUT2D eigenvalue weighted by molar-refractivity contribution is 5.96. The number of aliphatic hydroxyl groups is 1. The van der Waals surface area contributed by atoms with Crippen molar-refractivity contribution in [1.82, 2.24) is 0 Å². The molecule has 0 unspecified atom stereocenters. The monoisotopic (exact) mass is 229 g/mol. The Bertz CT molecular complexity index is 395. The molecule has 0 saturated carbocycles. The maximum Gasteiger partial charge on any atom is 0.341 e. The van der Waals surface area contributed by atoms with E-state index in [0.29, 0.717) is 6.42 Å². The predicted molar refractivity (Wildman–Crippen MR) is 55.0 cm³/mol. The first-order valence-corrected chi connectivity index (χ1v) is 4.63. The molecule has 0 aliphatic heterocycles. The zero-order valence-corrected chi connectivity index (χ0v) is 8.44. The number of halogens is 1. The smallest absolute Gasteiger partial charge is 0.341 e. The van der Waals surface area contributed by atoms with E-state index < -0.39 is 23.0 Å². The third kappa shape index (κ3) is 2.60. The van der Waals surface area contributed by atoms with E-state index in [9.17, 15) is 9.18 Å². The molecule has 5 nitrogen and oxygen atoms in total. The number of rotatable bonds is 5. The second-order valence-corrected chi connectivity index (χ2v) is 3.06. The molecule has 88 valence electrons. The molecule has 1 aromatic rings. The number of nitrogen functional groups attached to an aromatic ring is 1. The summed E-state index contributed by atoms with van der Waals surface area (Å²) in [7, 11) is 0. The third-order valence-corrected chi connectivity index (χ3v) is 1.93. The summed E-state index contributed by atoms with van der Waals surface area (Å²) in [6, 6.07) is 2.24. The van der Waals surface area contributed by atoms with Crippen LogP contribution >= 0.6 is 0 Å². The predicted octanol–water partition coefficient (Wildman–Crippen LogP) is 0.867. The van der Waals surface area contributed by atoms with Crippen LogP contribution in [0, 0.1) is 5.82 Å². The van der Waals surface area contributed by atoms with Crippen molar-refractivity contribution in [2.24, 2.45) is 0 Å². The zero-order valence-electron chi connectivity index (χ0n) is 8.44. The number of anilines is 1. The van der Waals surface area contributed by atoms with Crippen LogP contribution in [-0.2, 0) is 0 Å². The molecule has 0 aliphatic rings. The summed E-state index contributed by atoms with van der Waals surface area (Å²) in [6.07, 6.45) is 0.357. The number of carbonyl (C=O) groups is 1. The highest BCUT2D eigenvalue weighted by atomic mass is 19.1. The average Bonchev–Trinajstić information content (AvgIpc) is 2.23. The Morgan fingerprint density at radius 2 is 2.19 bits per heavy atom. The van der Waals surface area contributed by atoms with Gasteiger partial charge in [-0.25, -0.2) is 9.18 Å². The van der Waals surface area contributed by atoms with Crippen molar-refractivity contribution in [2.45, 2.75) is 6.42 Å². The second kappa shape index (κ2) is 5.32. The standard InChI is InChI=1S/C10H12FNO4/c11-6-2-3-7(16-5-1-4-13)8(9(6)12)10(14)15/h2-3,13H,1,4-5,12H2,(H,14,15). The summed E-state index contributed by atoms with van der Waals surface area (Å²) in [6.45, 7) is 0.0704. The normalized spacial score (nSPS) is 10.1. The molecule has 0 bridgehead atoms. The van der Waals surface area contributed by atoms with E-state index in [1.54, 1.807) is 0 Å². The van der Waals surface area contributed by atoms with Crippen molar-refractivity contribution in [3.63, 3.8) is 0 Å². The molecule has 4 N–H and O–H groups in total. The highest BCUT2D eigenvalue weighted by Crippen LogP contribution is 2.27. The van der Waals surface area contributed by atoms with Crippen LogP contribution in [0.3, 0.4) is 0 Å².